The quantitative estimate of drug-likeness (QED) is 0.574. The van der Waals surface area contributed by atoms with E-state index in [1.807, 2.05) is 0 Å². The van der Waals surface area contributed by atoms with E-state index in [0.717, 1.165) is 13.1 Å². The predicted molar refractivity (Wildman–Crippen MR) is 50.4 cm³/mol. The molecule has 1 aliphatic heterocycles. The van der Waals surface area contributed by atoms with Crippen molar-refractivity contribution in [3.63, 3.8) is 0 Å². The molecule has 0 unspecified atom stereocenters. The van der Waals surface area contributed by atoms with Crippen LogP contribution in [0.15, 0.2) is 24.3 Å². The zero-order valence-corrected chi connectivity index (χ0v) is 7.47. The van der Waals surface area contributed by atoms with Gasteiger partial charge in [0.2, 0.25) is 0 Å². The number of nitro benzene ring substituents is 1. The molecule has 1 aliphatic rings. The minimum Gasteiger partial charge on any atom is -0.488 e. The van der Waals surface area contributed by atoms with Crippen molar-refractivity contribution in [3.8, 4) is 5.75 Å². The molecule has 0 aromatic heterocycles. The van der Waals surface area contributed by atoms with Gasteiger partial charge in [0.15, 0.2) is 0 Å². The molecule has 14 heavy (non-hydrogen) atoms. The Hall–Kier alpha value is -1.62. The monoisotopic (exact) mass is 194 g/mol. The molecule has 1 heterocycles. The van der Waals surface area contributed by atoms with Gasteiger partial charge in [0.05, 0.1) is 4.92 Å². The average Bonchev–Trinajstić information content (AvgIpc) is 2.12. The number of ether oxygens (including phenoxy) is 1. The summed E-state index contributed by atoms with van der Waals surface area (Å²) in [5.41, 5.74) is 0.0871. The molecular weight excluding hydrogens is 184 g/mol. The molecule has 1 aromatic rings. The van der Waals surface area contributed by atoms with Crippen LogP contribution in [0.3, 0.4) is 0 Å². The molecule has 0 bridgehead atoms. The molecular formula is C9H10N2O3. The minimum absolute atomic E-state index is 0.0871. The molecule has 1 aromatic carbocycles. The summed E-state index contributed by atoms with van der Waals surface area (Å²) in [5.74, 6) is 0.683. The third-order valence-electron chi connectivity index (χ3n) is 2.09. The van der Waals surface area contributed by atoms with Gasteiger partial charge in [-0.3, -0.25) is 10.1 Å². The van der Waals surface area contributed by atoms with Crippen LogP contribution in [-0.4, -0.2) is 24.1 Å². The minimum atomic E-state index is -0.422. The van der Waals surface area contributed by atoms with Gasteiger partial charge in [0, 0.05) is 25.2 Å². The number of benzene rings is 1. The molecule has 0 aliphatic carbocycles. The van der Waals surface area contributed by atoms with Crippen molar-refractivity contribution < 1.29 is 9.66 Å². The lowest BCUT2D eigenvalue weighted by atomic mass is 10.2. The Bertz CT molecular complexity index is 332. The first-order valence-electron chi connectivity index (χ1n) is 4.37. The number of hydrogen-bond donors (Lipinski definition) is 1. The summed E-state index contributed by atoms with van der Waals surface area (Å²) in [5, 5.41) is 13.4. The molecule has 5 heteroatoms. The molecule has 74 valence electrons. The van der Waals surface area contributed by atoms with Gasteiger partial charge < -0.3 is 10.1 Å². The van der Waals surface area contributed by atoms with Crippen molar-refractivity contribution in [1.82, 2.24) is 5.32 Å². The highest BCUT2D eigenvalue weighted by Gasteiger charge is 2.18. The van der Waals surface area contributed by atoms with Crippen molar-refractivity contribution in [1.29, 1.82) is 0 Å². The summed E-state index contributed by atoms with van der Waals surface area (Å²) in [6, 6.07) is 6.13. The van der Waals surface area contributed by atoms with Crippen LogP contribution in [0.5, 0.6) is 5.75 Å². The zero-order chi connectivity index (χ0) is 9.97. The largest absolute Gasteiger partial charge is 0.488 e. The number of hydrogen-bond acceptors (Lipinski definition) is 4. The van der Waals surface area contributed by atoms with Crippen LogP contribution in [0.4, 0.5) is 5.69 Å². The summed E-state index contributed by atoms with van der Waals surface area (Å²) in [4.78, 5) is 9.93. The van der Waals surface area contributed by atoms with Crippen molar-refractivity contribution >= 4 is 5.69 Å². The maximum atomic E-state index is 10.4. The highest BCUT2D eigenvalue weighted by atomic mass is 16.6. The van der Waals surface area contributed by atoms with Crippen LogP contribution >= 0.6 is 0 Å². The van der Waals surface area contributed by atoms with E-state index in [1.165, 1.54) is 12.1 Å². The highest BCUT2D eigenvalue weighted by molar-refractivity contribution is 5.36. The van der Waals surface area contributed by atoms with Crippen LogP contribution in [-0.2, 0) is 0 Å². The summed E-state index contributed by atoms with van der Waals surface area (Å²) in [6.07, 6.45) is 0.205. The maximum absolute atomic E-state index is 10.4. The first-order valence-corrected chi connectivity index (χ1v) is 4.37. The standard InChI is InChI=1S/C9H10N2O3/c12-11(13)7-1-3-8(4-2-7)14-9-5-10-6-9/h1-4,9-10H,5-6H2. The maximum Gasteiger partial charge on any atom is 0.269 e. The fourth-order valence-corrected chi connectivity index (χ4v) is 1.18. The third-order valence-corrected chi connectivity index (χ3v) is 2.09. The summed E-state index contributed by atoms with van der Waals surface area (Å²) in [7, 11) is 0. The SMILES string of the molecule is O=[N+]([O-])c1ccc(OC2CNC2)cc1. The molecule has 0 saturated carbocycles. The van der Waals surface area contributed by atoms with Gasteiger partial charge in [0.1, 0.15) is 11.9 Å². The number of non-ortho nitro benzene ring substituents is 1. The average molecular weight is 194 g/mol. The number of nitrogens with zero attached hydrogens (tertiary/aromatic N) is 1. The van der Waals surface area contributed by atoms with Crippen molar-refractivity contribution in [2.24, 2.45) is 0 Å². The van der Waals surface area contributed by atoms with Crippen molar-refractivity contribution in [2.75, 3.05) is 13.1 Å². The molecule has 5 nitrogen and oxygen atoms in total. The Balaban J connectivity index is 2.01. The van der Waals surface area contributed by atoms with Crippen molar-refractivity contribution in [3.05, 3.63) is 34.4 Å². The first kappa shape index (κ1) is 8.96. The van der Waals surface area contributed by atoms with Crippen LogP contribution in [0.25, 0.3) is 0 Å². The smallest absolute Gasteiger partial charge is 0.269 e. The van der Waals surface area contributed by atoms with Gasteiger partial charge in [-0.05, 0) is 12.1 Å². The molecule has 1 saturated heterocycles. The second-order valence-corrected chi connectivity index (χ2v) is 3.15. The number of nitrogens with one attached hydrogen (secondary N) is 1. The van der Waals surface area contributed by atoms with Crippen molar-refractivity contribution in [2.45, 2.75) is 6.10 Å². The van der Waals surface area contributed by atoms with Crippen LogP contribution in [0, 0.1) is 10.1 Å². The van der Waals surface area contributed by atoms with E-state index in [-0.39, 0.29) is 11.8 Å². The second kappa shape index (κ2) is 3.63. The third kappa shape index (κ3) is 1.82. The second-order valence-electron chi connectivity index (χ2n) is 3.15. The summed E-state index contributed by atoms with van der Waals surface area (Å²) >= 11 is 0. The lowest BCUT2D eigenvalue weighted by molar-refractivity contribution is -0.384. The lowest BCUT2D eigenvalue weighted by Crippen LogP contribution is -2.50. The lowest BCUT2D eigenvalue weighted by Gasteiger charge is -2.27. The van der Waals surface area contributed by atoms with Crippen LogP contribution in [0.2, 0.25) is 0 Å². The number of nitro groups is 1. The van der Waals surface area contributed by atoms with E-state index in [4.69, 9.17) is 4.74 Å². The molecule has 0 atom stereocenters. The first-order chi connectivity index (χ1) is 6.75. The van der Waals surface area contributed by atoms with Gasteiger partial charge in [0.25, 0.3) is 5.69 Å². The molecule has 1 N–H and O–H groups in total. The van der Waals surface area contributed by atoms with Gasteiger partial charge in [-0.1, -0.05) is 0 Å². The van der Waals surface area contributed by atoms with E-state index in [1.54, 1.807) is 12.1 Å². The van der Waals surface area contributed by atoms with Crippen LogP contribution in [0.1, 0.15) is 0 Å². The Kier molecular flexibility index (Phi) is 2.32. The van der Waals surface area contributed by atoms with E-state index < -0.39 is 4.92 Å². The van der Waals surface area contributed by atoms with E-state index >= 15 is 0 Å². The van der Waals surface area contributed by atoms with Gasteiger partial charge in [-0.2, -0.15) is 0 Å². The highest BCUT2D eigenvalue weighted by Crippen LogP contribution is 2.18. The number of rotatable bonds is 3. The predicted octanol–water partition coefficient (Wildman–Crippen LogP) is 0.945. The van der Waals surface area contributed by atoms with E-state index in [2.05, 4.69) is 5.32 Å². The molecule has 0 amide bonds. The molecule has 2 rings (SSSR count). The Morgan fingerprint density at radius 2 is 2.00 bits per heavy atom. The Labute approximate surface area is 80.8 Å². The van der Waals surface area contributed by atoms with E-state index in [0.29, 0.717) is 5.75 Å². The molecule has 1 fully saturated rings. The normalized spacial score (nSPS) is 16.0. The fraction of sp³-hybridized carbons (Fsp3) is 0.333. The summed E-state index contributed by atoms with van der Waals surface area (Å²) in [6.45, 7) is 1.69. The fourth-order valence-electron chi connectivity index (χ4n) is 1.18. The van der Waals surface area contributed by atoms with Crippen LogP contribution < -0.4 is 10.1 Å². The topological polar surface area (TPSA) is 64.4 Å². The van der Waals surface area contributed by atoms with Gasteiger partial charge in [-0.15, -0.1) is 0 Å². The summed E-state index contributed by atoms with van der Waals surface area (Å²) < 4.78 is 5.50. The van der Waals surface area contributed by atoms with Gasteiger partial charge in [-0.25, -0.2) is 0 Å². The van der Waals surface area contributed by atoms with Gasteiger partial charge >= 0.3 is 0 Å². The Morgan fingerprint density at radius 1 is 1.36 bits per heavy atom. The molecule has 0 radical (unpaired) electrons. The molecule has 0 spiro atoms. The Morgan fingerprint density at radius 3 is 2.43 bits per heavy atom. The van der Waals surface area contributed by atoms with E-state index in [9.17, 15) is 10.1 Å². The zero-order valence-electron chi connectivity index (χ0n) is 7.47.